The molecule has 0 fully saturated rings. The van der Waals surface area contributed by atoms with Gasteiger partial charge in [-0.05, 0) is 43.3 Å². The topological polar surface area (TPSA) is 34.1 Å². The molecule has 0 radical (unpaired) electrons. The Morgan fingerprint density at radius 1 is 1.05 bits per heavy atom. The highest BCUT2D eigenvalue weighted by Gasteiger charge is 2.07. The number of ether oxygens (including phenoxy) is 1. The Hall–Kier alpha value is -2.20. The second-order valence-corrected chi connectivity index (χ2v) is 5.32. The molecule has 21 heavy (non-hydrogen) atoms. The number of hydrogen-bond donors (Lipinski definition) is 2. The zero-order chi connectivity index (χ0) is 14.8. The van der Waals surface area contributed by atoms with E-state index in [0.29, 0.717) is 0 Å². The Labute approximate surface area is 129 Å². The fraction of sp³-hybridized carbons (Fsp3) is 0.118. The molecule has 4 heteroatoms. The van der Waals surface area contributed by atoms with Crippen LogP contribution in [0.5, 0.6) is 5.75 Å². The van der Waals surface area contributed by atoms with Crippen molar-refractivity contribution in [1.29, 1.82) is 0 Å². The molecule has 1 heterocycles. The van der Waals surface area contributed by atoms with Crippen molar-refractivity contribution in [2.45, 2.75) is 11.8 Å². The number of aromatic nitrogens is 1. The molecule has 0 amide bonds. The molecule has 0 aliphatic heterocycles. The van der Waals surface area contributed by atoms with E-state index in [1.54, 1.807) is 7.11 Å². The van der Waals surface area contributed by atoms with Crippen LogP contribution in [0.3, 0.4) is 0 Å². The van der Waals surface area contributed by atoms with Crippen molar-refractivity contribution in [3.8, 4) is 5.75 Å². The molecule has 106 valence electrons. The Balaban J connectivity index is 2.14. The molecular formula is C17H16N2OS. The van der Waals surface area contributed by atoms with Crippen LogP contribution in [0.15, 0.2) is 53.4 Å². The van der Waals surface area contributed by atoms with Gasteiger partial charge in [0.15, 0.2) is 0 Å². The average Bonchev–Trinajstić information content (AvgIpc) is 2.49. The van der Waals surface area contributed by atoms with Crippen LogP contribution in [0.1, 0.15) is 5.69 Å². The predicted molar refractivity (Wildman–Crippen MR) is 90.0 cm³/mol. The molecule has 3 aromatic rings. The molecule has 0 aliphatic rings. The van der Waals surface area contributed by atoms with Gasteiger partial charge in [0.1, 0.15) is 5.75 Å². The number of rotatable bonds is 3. The van der Waals surface area contributed by atoms with E-state index in [2.05, 4.69) is 22.9 Å². The molecule has 2 aromatic carbocycles. The van der Waals surface area contributed by atoms with Crippen molar-refractivity contribution >= 4 is 34.9 Å². The third kappa shape index (κ3) is 2.81. The summed E-state index contributed by atoms with van der Waals surface area (Å²) in [7, 11) is 1.67. The number of fused-ring (bicyclic) bond motifs is 1. The van der Waals surface area contributed by atoms with Gasteiger partial charge >= 0.3 is 0 Å². The van der Waals surface area contributed by atoms with Crippen LogP contribution in [0.25, 0.3) is 10.9 Å². The van der Waals surface area contributed by atoms with E-state index >= 15 is 0 Å². The number of nitrogens with one attached hydrogen (secondary N) is 1. The van der Waals surface area contributed by atoms with Gasteiger partial charge in [0.05, 0.1) is 18.3 Å². The summed E-state index contributed by atoms with van der Waals surface area (Å²) >= 11 is 4.48. The molecule has 0 spiro atoms. The van der Waals surface area contributed by atoms with Crippen LogP contribution in [0, 0.1) is 6.92 Å². The van der Waals surface area contributed by atoms with Crippen LogP contribution in [-0.4, -0.2) is 12.1 Å². The van der Waals surface area contributed by atoms with Gasteiger partial charge in [0.25, 0.3) is 0 Å². The van der Waals surface area contributed by atoms with Crippen molar-refractivity contribution in [3.63, 3.8) is 0 Å². The highest BCUT2D eigenvalue weighted by molar-refractivity contribution is 7.80. The number of para-hydroxylation sites is 1. The monoisotopic (exact) mass is 296 g/mol. The van der Waals surface area contributed by atoms with Gasteiger partial charge in [-0.1, -0.05) is 12.1 Å². The Bertz CT molecular complexity index is 802. The van der Waals surface area contributed by atoms with E-state index < -0.39 is 0 Å². The maximum atomic E-state index is 5.31. The van der Waals surface area contributed by atoms with Crippen LogP contribution in [-0.2, 0) is 0 Å². The lowest BCUT2D eigenvalue weighted by Crippen LogP contribution is -1.96. The van der Waals surface area contributed by atoms with Gasteiger partial charge in [0.2, 0.25) is 0 Å². The van der Waals surface area contributed by atoms with Crippen molar-refractivity contribution in [3.05, 3.63) is 54.2 Å². The zero-order valence-corrected chi connectivity index (χ0v) is 12.8. The second kappa shape index (κ2) is 5.66. The van der Waals surface area contributed by atoms with Crippen molar-refractivity contribution in [2.24, 2.45) is 0 Å². The first-order valence-corrected chi connectivity index (χ1v) is 7.12. The standard InChI is InChI=1S/C17H16N2OS/c1-11-9-16(19-15-5-3-4-6-17(15)21)13-10-12(20-2)7-8-14(13)18-11/h3-10,21H,1-2H3,(H,18,19). The highest BCUT2D eigenvalue weighted by atomic mass is 32.1. The summed E-state index contributed by atoms with van der Waals surface area (Å²) in [6.45, 7) is 1.99. The van der Waals surface area contributed by atoms with Gasteiger partial charge in [0, 0.05) is 21.7 Å². The van der Waals surface area contributed by atoms with E-state index in [1.165, 1.54) is 0 Å². The van der Waals surface area contributed by atoms with E-state index in [0.717, 1.165) is 38.6 Å². The lowest BCUT2D eigenvalue weighted by atomic mass is 10.1. The molecule has 0 aliphatic carbocycles. The fourth-order valence-electron chi connectivity index (χ4n) is 2.29. The molecule has 0 unspecified atom stereocenters. The summed E-state index contributed by atoms with van der Waals surface area (Å²) in [6, 6.07) is 15.8. The molecule has 1 N–H and O–H groups in total. The quantitative estimate of drug-likeness (QED) is 0.694. The Morgan fingerprint density at radius 3 is 2.62 bits per heavy atom. The third-order valence-corrected chi connectivity index (χ3v) is 3.71. The number of pyridine rings is 1. The smallest absolute Gasteiger partial charge is 0.119 e. The number of benzene rings is 2. The number of hydrogen-bond acceptors (Lipinski definition) is 4. The normalized spacial score (nSPS) is 10.6. The molecule has 1 aromatic heterocycles. The largest absolute Gasteiger partial charge is 0.497 e. The van der Waals surface area contributed by atoms with Crippen molar-refractivity contribution in [1.82, 2.24) is 4.98 Å². The number of thiol groups is 1. The van der Waals surface area contributed by atoms with Crippen LogP contribution in [0.2, 0.25) is 0 Å². The molecule has 0 atom stereocenters. The van der Waals surface area contributed by atoms with Crippen LogP contribution >= 0.6 is 12.6 Å². The SMILES string of the molecule is COc1ccc2nc(C)cc(Nc3ccccc3S)c2c1. The number of aryl methyl sites for hydroxylation is 1. The number of anilines is 2. The summed E-state index contributed by atoms with van der Waals surface area (Å²) in [6.07, 6.45) is 0. The maximum absolute atomic E-state index is 5.31. The van der Waals surface area contributed by atoms with Crippen LogP contribution < -0.4 is 10.1 Å². The van der Waals surface area contributed by atoms with E-state index in [4.69, 9.17) is 4.74 Å². The number of methoxy groups -OCH3 is 1. The van der Waals surface area contributed by atoms with Gasteiger partial charge in [-0.25, -0.2) is 0 Å². The predicted octanol–water partition coefficient (Wildman–Crippen LogP) is 4.58. The lowest BCUT2D eigenvalue weighted by molar-refractivity contribution is 0.415. The minimum absolute atomic E-state index is 0.815. The number of nitrogens with zero attached hydrogens (tertiary/aromatic N) is 1. The minimum Gasteiger partial charge on any atom is -0.497 e. The molecule has 0 saturated heterocycles. The molecular weight excluding hydrogens is 280 g/mol. The van der Waals surface area contributed by atoms with Crippen molar-refractivity contribution < 1.29 is 4.74 Å². The zero-order valence-electron chi connectivity index (χ0n) is 11.9. The lowest BCUT2D eigenvalue weighted by Gasteiger charge is -2.13. The summed E-state index contributed by atoms with van der Waals surface area (Å²) in [4.78, 5) is 5.47. The first kappa shape index (κ1) is 13.8. The summed E-state index contributed by atoms with van der Waals surface area (Å²) in [5, 5.41) is 4.46. The van der Waals surface area contributed by atoms with Gasteiger partial charge in [-0.3, -0.25) is 4.98 Å². The van der Waals surface area contributed by atoms with Gasteiger partial charge in [-0.2, -0.15) is 0 Å². The Kier molecular flexibility index (Phi) is 3.71. The first-order chi connectivity index (χ1) is 10.2. The molecule has 3 rings (SSSR count). The second-order valence-electron chi connectivity index (χ2n) is 4.84. The molecule has 0 saturated carbocycles. The van der Waals surface area contributed by atoms with E-state index in [9.17, 15) is 0 Å². The average molecular weight is 296 g/mol. The van der Waals surface area contributed by atoms with Gasteiger partial charge < -0.3 is 10.1 Å². The molecule has 0 bridgehead atoms. The van der Waals surface area contributed by atoms with E-state index in [-0.39, 0.29) is 0 Å². The fourth-order valence-corrected chi connectivity index (χ4v) is 2.51. The van der Waals surface area contributed by atoms with E-state index in [1.807, 2.05) is 55.5 Å². The molecule has 3 nitrogen and oxygen atoms in total. The first-order valence-electron chi connectivity index (χ1n) is 6.68. The van der Waals surface area contributed by atoms with Crippen molar-refractivity contribution in [2.75, 3.05) is 12.4 Å². The summed E-state index contributed by atoms with van der Waals surface area (Å²) in [5.74, 6) is 0.815. The summed E-state index contributed by atoms with van der Waals surface area (Å²) < 4.78 is 5.31. The maximum Gasteiger partial charge on any atom is 0.119 e. The van der Waals surface area contributed by atoms with Gasteiger partial charge in [-0.15, -0.1) is 12.6 Å². The summed E-state index contributed by atoms with van der Waals surface area (Å²) in [5.41, 5.74) is 3.87. The third-order valence-electron chi connectivity index (χ3n) is 3.32. The Morgan fingerprint density at radius 2 is 1.86 bits per heavy atom. The highest BCUT2D eigenvalue weighted by Crippen LogP contribution is 2.31. The minimum atomic E-state index is 0.815. The van der Waals surface area contributed by atoms with Crippen LogP contribution in [0.4, 0.5) is 11.4 Å².